The van der Waals surface area contributed by atoms with Gasteiger partial charge in [0, 0.05) is 52.4 Å². The monoisotopic (exact) mass is 257 g/mol. The van der Waals surface area contributed by atoms with Crippen molar-refractivity contribution in [3.8, 4) is 0 Å². The van der Waals surface area contributed by atoms with Gasteiger partial charge >= 0.3 is 0 Å². The highest BCUT2D eigenvalue weighted by atomic mass is 16.5. The minimum atomic E-state index is -0.226. The molecule has 1 atom stereocenters. The zero-order valence-electron chi connectivity index (χ0n) is 11.6. The van der Waals surface area contributed by atoms with Gasteiger partial charge < -0.3 is 14.7 Å². The summed E-state index contributed by atoms with van der Waals surface area (Å²) in [6, 6.07) is 0. The maximum Gasteiger partial charge on any atom is 0.0793 e. The van der Waals surface area contributed by atoms with Crippen LogP contribution in [0.1, 0.15) is 6.92 Å². The average Bonchev–Trinajstić information content (AvgIpc) is 2.40. The number of aliphatic hydroxyl groups excluding tert-OH is 1. The van der Waals surface area contributed by atoms with Gasteiger partial charge in [-0.05, 0) is 6.54 Å². The Hall–Kier alpha value is -0.200. The molecule has 0 aliphatic carbocycles. The summed E-state index contributed by atoms with van der Waals surface area (Å²) in [7, 11) is 0. The lowest BCUT2D eigenvalue weighted by molar-refractivity contribution is 0.00270. The fourth-order valence-corrected chi connectivity index (χ4v) is 2.73. The standard InChI is InChI=1S/C13H27N3O2/c1-2-14-3-5-15(6-4-14)11-13(17)12-16-7-9-18-10-8-16/h13,17H,2-12H2,1H3. The molecule has 0 aromatic carbocycles. The van der Waals surface area contributed by atoms with Crippen molar-refractivity contribution in [3.63, 3.8) is 0 Å². The highest BCUT2D eigenvalue weighted by molar-refractivity contribution is 4.75. The van der Waals surface area contributed by atoms with Crippen LogP contribution >= 0.6 is 0 Å². The summed E-state index contributed by atoms with van der Waals surface area (Å²) in [5.74, 6) is 0. The molecule has 106 valence electrons. The van der Waals surface area contributed by atoms with Gasteiger partial charge in [-0.25, -0.2) is 0 Å². The number of rotatable bonds is 5. The van der Waals surface area contributed by atoms with Crippen molar-refractivity contribution in [2.45, 2.75) is 13.0 Å². The highest BCUT2D eigenvalue weighted by Gasteiger charge is 2.20. The van der Waals surface area contributed by atoms with E-state index in [9.17, 15) is 5.11 Å². The van der Waals surface area contributed by atoms with Gasteiger partial charge in [-0.3, -0.25) is 9.80 Å². The summed E-state index contributed by atoms with van der Waals surface area (Å²) in [6.07, 6.45) is -0.226. The number of β-amino-alcohol motifs (C(OH)–C–C–N with tert-alkyl or cyclic N) is 1. The molecule has 0 aromatic rings. The van der Waals surface area contributed by atoms with Gasteiger partial charge in [0.25, 0.3) is 0 Å². The lowest BCUT2D eigenvalue weighted by Gasteiger charge is -2.36. The van der Waals surface area contributed by atoms with Gasteiger partial charge in [0.15, 0.2) is 0 Å². The molecule has 1 N–H and O–H groups in total. The van der Waals surface area contributed by atoms with Gasteiger partial charge in [0.2, 0.25) is 0 Å². The first-order chi connectivity index (χ1) is 8.78. The predicted octanol–water partition coefficient (Wildman–Crippen LogP) is -0.683. The number of nitrogens with zero attached hydrogens (tertiary/aromatic N) is 3. The number of piperazine rings is 1. The smallest absolute Gasteiger partial charge is 0.0793 e. The van der Waals surface area contributed by atoms with Crippen molar-refractivity contribution in [1.29, 1.82) is 0 Å². The zero-order valence-corrected chi connectivity index (χ0v) is 11.6. The van der Waals surface area contributed by atoms with Gasteiger partial charge in [0.05, 0.1) is 19.3 Å². The molecule has 1 unspecified atom stereocenters. The van der Waals surface area contributed by atoms with E-state index in [0.717, 1.165) is 72.1 Å². The third kappa shape index (κ3) is 4.48. The molecule has 2 rings (SSSR count). The van der Waals surface area contributed by atoms with Crippen molar-refractivity contribution in [2.24, 2.45) is 0 Å². The van der Waals surface area contributed by atoms with Crippen LogP contribution in [0.4, 0.5) is 0 Å². The van der Waals surface area contributed by atoms with Gasteiger partial charge in [-0.1, -0.05) is 6.92 Å². The van der Waals surface area contributed by atoms with E-state index >= 15 is 0 Å². The Bertz CT molecular complexity index is 226. The molecule has 5 nitrogen and oxygen atoms in total. The van der Waals surface area contributed by atoms with Gasteiger partial charge in [-0.15, -0.1) is 0 Å². The molecule has 2 fully saturated rings. The quantitative estimate of drug-likeness (QED) is 0.706. The summed E-state index contributed by atoms with van der Waals surface area (Å²) in [5.41, 5.74) is 0. The van der Waals surface area contributed by atoms with Crippen LogP contribution in [0, 0.1) is 0 Å². The van der Waals surface area contributed by atoms with Crippen LogP contribution in [0.5, 0.6) is 0 Å². The molecule has 0 aromatic heterocycles. The second-order valence-electron chi connectivity index (χ2n) is 5.30. The van der Waals surface area contributed by atoms with E-state index in [1.807, 2.05) is 0 Å². The highest BCUT2D eigenvalue weighted by Crippen LogP contribution is 2.04. The zero-order chi connectivity index (χ0) is 12.8. The van der Waals surface area contributed by atoms with E-state index in [1.165, 1.54) is 0 Å². The van der Waals surface area contributed by atoms with Gasteiger partial charge in [-0.2, -0.15) is 0 Å². The Kier molecular flexibility index (Phi) is 5.85. The van der Waals surface area contributed by atoms with Gasteiger partial charge in [0.1, 0.15) is 0 Å². The normalized spacial score (nSPS) is 26.3. The molecule has 0 amide bonds. The molecule has 2 saturated heterocycles. The van der Waals surface area contributed by atoms with Crippen LogP contribution in [0.2, 0.25) is 0 Å². The second-order valence-corrected chi connectivity index (χ2v) is 5.30. The number of morpholine rings is 1. The minimum absolute atomic E-state index is 0.226. The Morgan fingerprint density at radius 2 is 1.39 bits per heavy atom. The average molecular weight is 257 g/mol. The lowest BCUT2D eigenvalue weighted by atomic mass is 10.2. The number of ether oxygens (including phenoxy) is 1. The maximum atomic E-state index is 10.1. The fraction of sp³-hybridized carbons (Fsp3) is 1.00. The Morgan fingerprint density at radius 3 is 1.94 bits per heavy atom. The van der Waals surface area contributed by atoms with E-state index < -0.39 is 0 Å². The van der Waals surface area contributed by atoms with Crippen LogP contribution in [-0.2, 0) is 4.74 Å². The Balaban J connectivity index is 1.63. The first kappa shape index (κ1) is 14.2. The van der Waals surface area contributed by atoms with Crippen LogP contribution in [-0.4, -0.2) is 98.0 Å². The summed E-state index contributed by atoms with van der Waals surface area (Å²) < 4.78 is 5.32. The van der Waals surface area contributed by atoms with E-state index in [-0.39, 0.29) is 6.10 Å². The first-order valence-corrected chi connectivity index (χ1v) is 7.21. The molecule has 18 heavy (non-hydrogen) atoms. The summed E-state index contributed by atoms with van der Waals surface area (Å²) >= 11 is 0. The fourth-order valence-electron chi connectivity index (χ4n) is 2.73. The van der Waals surface area contributed by atoms with E-state index in [2.05, 4.69) is 21.6 Å². The second kappa shape index (κ2) is 7.40. The number of aliphatic hydroxyl groups is 1. The molecule has 5 heteroatoms. The summed E-state index contributed by atoms with van der Waals surface area (Å²) in [6.45, 7) is 13.0. The Morgan fingerprint density at radius 1 is 0.889 bits per heavy atom. The van der Waals surface area contributed by atoms with Crippen molar-refractivity contribution in [3.05, 3.63) is 0 Å². The molecule has 0 saturated carbocycles. The van der Waals surface area contributed by atoms with E-state index in [1.54, 1.807) is 0 Å². The summed E-state index contributed by atoms with van der Waals surface area (Å²) in [5, 5.41) is 10.1. The van der Waals surface area contributed by atoms with E-state index in [0.29, 0.717) is 0 Å². The topological polar surface area (TPSA) is 39.2 Å². The van der Waals surface area contributed by atoms with Crippen molar-refractivity contribution >= 4 is 0 Å². The largest absolute Gasteiger partial charge is 0.390 e. The maximum absolute atomic E-state index is 10.1. The van der Waals surface area contributed by atoms with Crippen LogP contribution in [0.3, 0.4) is 0 Å². The third-order valence-corrected chi connectivity index (χ3v) is 3.95. The summed E-state index contributed by atoms with van der Waals surface area (Å²) in [4.78, 5) is 7.15. The number of hydrogen-bond acceptors (Lipinski definition) is 5. The Labute approximate surface area is 110 Å². The predicted molar refractivity (Wildman–Crippen MR) is 71.8 cm³/mol. The van der Waals surface area contributed by atoms with Crippen LogP contribution < -0.4 is 0 Å². The minimum Gasteiger partial charge on any atom is -0.390 e. The molecule has 2 aliphatic rings. The van der Waals surface area contributed by atoms with Crippen molar-refractivity contribution < 1.29 is 9.84 Å². The molecule has 2 aliphatic heterocycles. The number of likely N-dealkylation sites (N-methyl/N-ethyl adjacent to an activating group) is 1. The molecule has 2 heterocycles. The lowest BCUT2D eigenvalue weighted by Crippen LogP contribution is -2.50. The third-order valence-electron chi connectivity index (χ3n) is 3.95. The molecular formula is C13H27N3O2. The molecule has 0 bridgehead atoms. The van der Waals surface area contributed by atoms with Crippen molar-refractivity contribution in [2.75, 3.05) is 72.1 Å². The van der Waals surface area contributed by atoms with Crippen LogP contribution in [0.25, 0.3) is 0 Å². The van der Waals surface area contributed by atoms with Crippen LogP contribution in [0.15, 0.2) is 0 Å². The molecular weight excluding hydrogens is 230 g/mol. The SMILES string of the molecule is CCN1CCN(CC(O)CN2CCOCC2)CC1. The molecule has 0 radical (unpaired) electrons. The molecule has 0 spiro atoms. The first-order valence-electron chi connectivity index (χ1n) is 7.21. The number of hydrogen-bond donors (Lipinski definition) is 1. The van der Waals surface area contributed by atoms with Crippen molar-refractivity contribution in [1.82, 2.24) is 14.7 Å². The van der Waals surface area contributed by atoms with E-state index in [4.69, 9.17) is 4.74 Å².